The predicted molar refractivity (Wildman–Crippen MR) is 53.8 cm³/mol. The number of halogens is 3. The third kappa shape index (κ3) is 5.99. The lowest BCUT2D eigenvalue weighted by molar-refractivity contribution is -0.136. The minimum atomic E-state index is -4.00. The van der Waals surface area contributed by atoms with Crippen molar-refractivity contribution in [2.75, 3.05) is 32.7 Å². The highest BCUT2D eigenvalue weighted by molar-refractivity contribution is 4.71. The summed E-state index contributed by atoms with van der Waals surface area (Å²) in [5.41, 5.74) is 0. The summed E-state index contributed by atoms with van der Waals surface area (Å²) in [4.78, 5) is 2.12. The van der Waals surface area contributed by atoms with E-state index in [1.807, 2.05) is 0 Å². The van der Waals surface area contributed by atoms with Crippen molar-refractivity contribution < 1.29 is 13.2 Å². The van der Waals surface area contributed by atoms with Crippen LogP contribution in [-0.2, 0) is 0 Å². The molecule has 1 unspecified atom stereocenters. The van der Waals surface area contributed by atoms with Crippen LogP contribution in [0.25, 0.3) is 0 Å². The Kier molecular flexibility index (Phi) is 4.86. The van der Waals surface area contributed by atoms with Gasteiger partial charge in [-0.1, -0.05) is 6.92 Å². The van der Waals surface area contributed by atoms with E-state index in [0.717, 1.165) is 26.2 Å². The summed E-state index contributed by atoms with van der Waals surface area (Å²) >= 11 is 0. The van der Waals surface area contributed by atoms with Crippen molar-refractivity contribution in [1.29, 1.82) is 0 Å². The zero-order valence-electron chi connectivity index (χ0n) is 9.11. The third-order valence-electron chi connectivity index (χ3n) is 2.60. The van der Waals surface area contributed by atoms with Gasteiger partial charge in [-0.3, -0.25) is 0 Å². The summed E-state index contributed by atoms with van der Waals surface area (Å²) < 4.78 is 35.8. The molecule has 2 nitrogen and oxygen atoms in total. The average Bonchev–Trinajstić information content (AvgIpc) is 2.27. The smallest absolute Gasteiger partial charge is 0.315 e. The molecule has 0 aliphatic carbocycles. The first kappa shape index (κ1) is 12.8. The third-order valence-corrected chi connectivity index (χ3v) is 2.60. The number of alkyl halides is 3. The lowest BCUT2D eigenvalue weighted by Crippen LogP contribution is -2.31. The van der Waals surface area contributed by atoms with E-state index >= 15 is 0 Å². The number of nitrogens with one attached hydrogen (secondary N) is 1. The van der Waals surface area contributed by atoms with Gasteiger partial charge in [0.05, 0.1) is 0 Å². The average molecular weight is 224 g/mol. The Bertz CT molecular complexity index is 182. The van der Waals surface area contributed by atoms with Crippen LogP contribution in [0.3, 0.4) is 0 Å². The van der Waals surface area contributed by atoms with E-state index in [2.05, 4.69) is 17.1 Å². The van der Waals surface area contributed by atoms with E-state index < -0.39 is 12.6 Å². The van der Waals surface area contributed by atoms with E-state index in [-0.39, 0.29) is 6.42 Å². The monoisotopic (exact) mass is 224 g/mol. The van der Waals surface area contributed by atoms with Gasteiger partial charge in [0.15, 0.2) is 0 Å². The number of hydrogen-bond donors (Lipinski definition) is 1. The number of hydrogen-bond acceptors (Lipinski definition) is 2. The first-order valence-electron chi connectivity index (χ1n) is 5.47. The zero-order valence-corrected chi connectivity index (χ0v) is 9.11. The molecule has 0 spiro atoms. The van der Waals surface area contributed by atoms with E-state index in [0.29, 0.717) is 12.5 Å². The van der Waals surface area contributed by atoms with Gasteiger partial charge >= 0.3 is 6.18 Å². The van der Waals surface area contributed by atoms with E-state index in [1.54, 1.807) is 0 Å². The molecular weight excluding hydrogens is 205 g/mol. The number of rotatable bonds is 3. The Morgan fingerprint density at radius 3 is 2.80 bits per heavy atom. The van der Waals surface area contributed by atoms with Crippen LogP contribution in [0.5, 0.6) is 0 Å². The van der Waals surface area contributed by atoms with Crippen molar-refractivity contribution in [3.8, 4) is 0 Å². The summed E-state index contributed by atoms with van der Waals surface area (Å²) in [5, 5.41) is 3.27. The highest BCUT2D eigenvalue weighted by Crippen LogP contribution is 2.21. The predicted octanol–water partition coefficient (Wildman–Crippen LogP) is 1.87. The Labute approximate surface area is 88.8 Å². The molecule has 0 saturated carbocycles. The molecule has 1 aliphatic rings. The minimum absolute atomic E-state index is 0.218. The zero-order chi connectivity index (χ0) is 11.3. The van der Waals surface area contributed by atoms with E-state index in [1.165, 1.54) is 0 Å². The van der Waals surface area contributed by atoms with Crippen molar-refractivity contribution >= 4 is 0 Å². The quantitative estimate of drug-likeness (QED) is 0.787. The van der Waals surface area contributed by atoms with Crippen LogP contribution in [0, 0.1) is 5.92 Å². The van der Waals surface area contributed by atoms with Gasteiger partial charge in [-0.25, -0.2) is 0 Å². The molecule has 1 heterocycles. The molecule has 1 aliphatic heterocycles. The fourth-order valence-electron chi connectivity index (χ4n) is 1.89. The van der Waals surface area contributed by atoms with Gasteiger partial charge in [0.1, 0.15) is 0 Å². The van der Waals surface area contributed by atoms with E-state index in [4.69, 9.17) is 0 Å². The SMILES string of the molecule is CC1CNCCN(CCCC(F)(F)F)C1. The lowest BCUT2D eigenvalue weighted by Gasteiger charge is -2.21. The van der Waals surface area contributed by atoms with Crippen LogP contribution in [-0.4, -0.2) is 43.8 Å². The summed E-state index contributed by atoms with van der Waals surface area (Å²) in [6.45, 7) is 6.31. The maximum Gasteiger partial charge on any atom is 0.389 e. The van der Waals surface area contributed by atoms with Crippen molar-refractivity contribution in [3.63, 3.8) is 0 Å². The summed E-state index contributed by atoms with van der Waals surface area (Å²) in [6, 6.07) is 0. The van der Waals surface area contributed by atoms with Crippen LogP contribution in [0.2, 0.25) is 0 Å². The standard InChI is InChI=1S/C10H19F3N2/c1-9-7-14-4-6-15(8-9)5-2-3-10(11,12)13/h9,14H,2-8H2,1H3. The molecule has 1 N–H and O–H groups in total. The van der Waals surface area contributed by atoms with E-state index in [9.17, 15) is 13.2 Å². The molecule has 0 aromatic heterocycles. The molecule has 1 saturated heterocycles. The van der Waals surface area contributed by atoms with Gasteiger partial charge in [0, 0.05) is 26.1 Å². The fraction of sp³-hybridized carbons (Fsp3) is 1.00. The molecule has 1 atom stereocenters. The van der Waals surface area contributed by atoms with Crippen LogP contribution >= 0.6 is 0 Å². The Morgan fingerprint density at radius 2 is 2.13 bits per heavy atom. The summed E-state index contributed by atoms with van der Waals surface area (Å²) in [6.07, 6.45) is -4.45. The highest BCUT2D eigenvalue weighted by atomic mass is 19.4. The maximum absolute atomic E-state index is 11.9. The normalized spacial score (nSPS) is 25.2. The second-order valence-corrected chi connectivity index (χ2v) is 4.33. The molecule has 0 aromatic carbocycles. The van der Waals surface area contributed by atoms with Gasteiger partial charge in [0.2, 0.25) is 0 Å². The molecule has 0 amide bonds. The largest absolute Gasteiger partial charge is 0.389 e. The van der Waals surface area contributed by atoms with Gasteiger partial charge in [-0.2, -0.15) is 13.2 Å². The summed E-state index contributed by atoms with van der Waals surface area (Å²) in [5.74, 6) is 0.526. The maximum atomic E-state index is 11.9. The first-order chi connectivity index (χ1) is 6.97. The topological polar surface area (TPSA) is 15.3 Å². The lowest BCUT2D eigenvalue weighted by atomic mass is 10.1. The Balaban J connectivity index is 2.19. The van der Waals surface area contributed by atoms with Crippen LogP contribution in [0.1, 0.15) is 19.8 Å². The van der Waals surface area contributed by atoms with Crippen molar-refractivity contribution in [3.05, 3.63) is 0 Å². The Hall–Kier alpha value is -0.290. The molecule has 0 radical (unpaired) electrons. The molecule has 1 rings (SSSR count). The van der Waals surface area contributed by atoms with Gasteiger partial charge < -0.3 is 10.2 Å². The molecule has 5 heteroatoms. The molecule has 1 fully saturated rings. The first-order valence-corrected chi connectivity index (χ1v) is 5.47. The molecule has 0 bridgehead atoms. The number of nitrogens with zero attached hydrogens (tertiary/aromatic N) is 1. The van der Waals surface area contributed by atoms with Crippen LogP contribution < -0.4 is 5.32 Å². The molecule has 0 aromatic rings. The minimum Gasteiger partial charge on any atom is -0.315 e. The molecule has 15 heavy (non-hydrogen) atoms. The summed E-state index contributed by atoms with van der Waals surface area (Å²) in [7, 11) is 0. The molecular formula is C10H19F3N2. The van der Waals surface area contributed by atoms with Crippen LogP contribution in [0.4, 0.5) is 13.2 Å². The Morgan fingerprint density at radius 1 is 1.40 bits per heavy atom. The van der Waals surface area contributed by atoms with Gasteiger partial charge in [-0.05, 0) is 25.4 Å². The van der Waals surface area contributed by atoms with Crippen LogP contribution in [0.15, 0.2) is 0 Å². The highest BCUT2D eigenvalue weighted by Gasteiger charge is 2.26. The van der Waals surface area contributed by atoms with Crippen molar-refractivity contribution in [2.24, 2.45) is 5.92 Å². The van der Waals surface area contributed by atoms with Gasteiger partial charge in [0.25, 0.3) is 0 Å². The van der Waals surface area contributed by atoms with Gasteiger partial charge in [-0.15, -0.1) is 0 Å². The molecule has 90 valence electrons. The second-order valence-electron chi connectivity index (χ2n) is 4.33. The second kappa shape index (κ2) is 5.70. The van der Waals surface area contributed by atoms with Crippen molar-refractivity contribution in [2.45, 2.75) is 25.9 Å². The fourth-order valence-corrected chi connectivity index (χ4v) is 1.89. The van der Waals surface area contributed by atoms with Crippen molar-refractivity contribution in [1.82, 2.24) is 10.2 Å².